The Morgan fingerprint density at radius 1 is 0.926 bits per heavy atom. The Balaban J connectivity index is 2.03. The van der Waals surface area contributed by atoms with Crippen LogP contribution in [0.5, 0.6) is 0 Å². The lowest BCUT2D eigenvalue weighted by Crippen LogP contribution is -2.36. The topological polar surface area (TPSA) is 49.4 Å². The van der Waals surface area contributed by atoms with E-state index in [-0.39, 0.29) is 17.9 Å². The quantitative estimate of drug-likeness (QED) is 0.656. The number of nitrogens with zero attached hydrogens (tertiary/aromatic N) is 1. The Morgan fingerprint density at radius 3 is 2.15 bits per heavy atom. The van der Waals surface area contributed by atoms with Crippen molar-refractivity contribution in [3.63, 3.8) is 0 Å². The van der Waals surface area contributed by atoms with Gasteiger partial charge in [-0.05, 0) is 50.1 Å². The lowest BCUT2D eigenvalue weighted by molar-refractivity contribution is 0.0690. The van der Waals surface area contributed by atoms with Gasteiger partial charge in [-0.15, -0.1) is 0 Å². The van der Waals surface area contributed by atoms with Crippen molar-refractivity contribution in [3.8, 4) is 0 Å². The standard InChI is InChI=1S/C23H30N2O2/c1-4-5-9-16-24-22(26)20-12-14-21(15-13-20)23(27)25(18(2)3)17-19-10-7-6-8-11-19/h6-8,10-15,18H,4-5,9,16-17H2,1-3H3,(H,24,26). The highest BCUT2D eigenvalue weighted by Gasteiger charge is 2.19. The second kappa shape index (κ2) is 10.5. The summed E-state index contributed by atoms with van der Waals surface area (Å²) in [5, 5.41) is 2.92. The first-order valence-electron chi connectivity index (χ1n) is 9.76. The van der Waals surface area contributed by atoms with Crippen molar-refractivity contribution < 1.29 is 9.59 Å². The fraction of sp³-hybridized carbons (Fsp3) is 0.391. The predicted molar refractivity (Wildman–Crippen MR) is 110 cm³/mol. The molecule has 2 rings (SSSR count). The highest BCUT2D eigenvalue weighted by molar-refractivity contribution is 5.97. The minimum atomic E-state index is -0.0879. The largest absolute Gasteiger partial charge is 0.352 e. The molecule has 0 aliphatic heterocycles. The lowest BCUT2D eigenvalue weighted by Gasteiger charge is -2.27. The van der Waals surface area contributed by atoms with E-state index >= 15 is 0 Å². The Hall–Kier alpha value is -2.62. The predicted octanol–water partition coefficient (Wildman–Crippen LogP) is 4.66. The average Bonchev–Trinajstić information content (AvgIpc) is 2.69. The molecule has 0 spiro atoms. The van der Waals surface area contributed by atoms with E-state index in [1.807, 2.05) is 49.1 Å². The fourth-order valence-electron chi connectivity index (χ4n) is 2.88. The number of carbonyl (C=O) groups excluding carboxylic acids is 2. The molecule has 0 radical (unpaired) electrons. The zero-order valence-electron chi connectivity index (χ0n) is 16.6. The molecule has 1 N–H and O–H groups in total. The molecule has 0 aromatic heterocycles. The first-order chi connectivity index (χ1) is 13.0. The normalized spacial score (nSPS) is 10.7. The monoisotopic (exact) mass is 366 g/mol. The molecule has 144 valence electrons. The third kappa shape index (κ3) is 6.24. The highest BCUT2D eigenvalue weighted by Crippen LogP contribution is 2.14. The van der Waals surface area contributed by atoms with Crippen LogP contribution >= 0.6 is 0 Å². The van der Waals surface area contributed by atoms with Gasteiger partial charge in [0, 0.05) is 30.3 Å². The van der Waals surface area contributed by atoms with E-state index in [1.165, 1.54) is 0 Å². The minimum absolute atomic E-state index is 0.0243. The maximum atomic E-state index is 12.9. The molecule has 0 aliphatic carbocycles. The van der Waals surface area contributed by atoms with Crippen molar-refractivity contribution in [1.82, 2.24) is 10.2 Å². The van der Waals surface area contributed by atoms with Crippen molar-refractivity contribution in [1.29, 1.82) is 0 Å². The molecule has 0 unspecified atom stereocenters. The molecule has 0 bridgehead atoms. The fourth-order valence-corrected chi connectivity index (χ4v) is 2.88. The van der Waals surface area contributed by atoms with Crippen LogP contribution < -0.4 is 5.32 Å². The molecular formula is C23H30N2O2. The zero-order chi connectivity index (χ0) is 19.6. The number of benzene rings is 2. The molecule has 0 fully saturated rings. The number of hydrogen-bond acceptors (Lipinski definition) is 2. The number of unbranched alkanes of at least 4 members (excludes halogenated alkanes) is 2. The zero-order valence-corrected chi connectivity index (χ0v) is 16.6. The molecule has 27 heavy (non-hydrogen) atoms. The summed E-state index contributed by atoms with van der Waals surface area (Å²) >= 11 is 0. The van der Waals surface area contributed by atoms with Gasteiger partial charge in [-0.3, -0.25) is 9.59 Å². The summed E-state index contributed by atoms with van der Waals surface area (Å²) in [5.41, 5.74) is 2.28. The van der Waals surface area contributed by atoms with E-state index in [9.17, 15) is 9.59 Å². The van der Waals surface area contributed by atoms with Gasteiger partial charge in [0.15, 0.2) is 0 Å². The van der Waals surface area contributed by atoms with Crippen LogP contribution in [0.4, 0.5) is 0 Å². The van der Waals surface area contributed by atoms with Crippen LogP contribution in [-0.4, -0.2) is 29.3 Å². The molecule has 0 aliphatic rings. The van der Waals surface area contributed by atoms with E-state index in [1.54, 1.807) is 24.3 Å². The average molecular weight is 367 g/mol. The van der Waals surface area contributed by atoms with Gasteiger partial charge in [0.2, 0.25) is 0 Å². The first-order valence-corrected chi connectivity index (χ1v) is 9.76. The number of rotatable bonds is 9. The molecule has 0 atom stereocenters. The van der Waals surface area contributed by atoms with Crippen LogP contribution in [0.2, 0.25) is 0 Å². The van der Waals surface area contributed by atoms with Gasteiger partial charge in [0.05, 0.1) is 0 Å². The second-order valence-corrected chi connectivity index (χ2v) is 7.05. The summed E-state index contributed by atoms with van der Waals surface area (Å²) in [5.74, 6) is -0.112. The maximum absolute atomic E-state index is 12.9. The van der Waals surface area contributed by atoms with Gasteiger partial charge in [-0.25, -0.2) is 0 Å². The van der Waals surface area contributed by atoms with Crippen LogP contribution in [0.25, 0.3) is 0 Å². The first kappa shape index (κ1) is 20.7. The third-order valence-electron chi connectivity index (χ3n) is 4.54. The molecule has 0 saturated carbocycles. The van der Waals surface area contributed by atoms with Gasteiger partial charge >= 0.3 is 0 Å². The van der Waals surface area contributed by atoms with Crippen LogP contribution in [0.15, 0.2) is 54.6 Å². The SMILES string of the molecule is CCCCCNC(=O)c1ccc(C(=O)N(Cc2ccccc2)C(C)C)cc1. The molecule has 2 aromatic carbocycles. The van der Waals surface area contributed by atoms with Crippen molar-refractivity contribution in [2.45, 2.75) is 52.6 Å². The second-order valence-electron chi connectivity index (χ2n) is 7.05. The van der Waals surface area contributed by atoms with Crippen molar-refractivity contribution in [2.24, 2.45) is 0 Å². The third-order valence-corrected chi connectivity index (χ3v) is 4.54. The molecule has 2 amide bonds. The van der Waals surface area contributed by atoms with E-state index in [0.29, 0.717) is 24.2 Å². The van der Waals surface area contributed by atoms with Crippen molar-refractivity contribution >= 4 is 11.8 Å². The highest BCUT2D eigenvalue weighted by atomic mass is 16.2. The Bertz CT molecular complexity index is 724. The van der Waals surface area contributed by atoms with E-state index in [2.05, 4.69) is 12.2 Å². The van der Waals surface area contributed by atoms with Crippen LogP contribution in [0, 0.1) is 0 Å². The van der Waals surface area contributed by atoms with Crippen LogP contribution in [-0.2, 0) is 6.54 Å². The van der Waals surface area contributed by atoms with Crippen LogP contribution in [0.1, 0.15) is 66.3 Å². The Kier molecular flexibility index (Phi) is 8.05. The van der Waals surface area contributed by atoms with Crippen LogP contribution in [0.3, 0.4) is 0 Å². The van der Waals surface area contributed by atoms with Gasteiger partial charge < -0.3 is 10.2 Å². The summed E-state index contributed by atoms with van der Waals surface area (Å²) in [7, 11) is 0. The van der Waals surface area contributed by atoms with E-state index < -0.39 is 0 Å². The minimum Gasteiger partial charge on any atom is -0.352 e. The molecule has 0 heterocycles. The van der Waals surface area contributed by atoms with Gasteiger partial charge in [-0.2, -0.15) is 0 Å². The van der Waals surface area contributed by atoms with Crippen molar-refractivity contribution in [3.05, 3.63) is 71.3 Å². The Morgan fingerprint density at radius 2 is 1.56 bits per heavy atom. The summed E-state index contributed by atoms with van der Waals surface area (Å²) in [4.78, 5) is 26.9. The smallest absolute Gasteiger partial charge is 0.254 e. The summed E-state index contributed by atoms with van der Waals surface area (Å²) in [6, 6.07) is 17.0. The summed E-state index contributed by atoms with van der Waals surface area (Å²) in [6.45, 7) is 7.41. The molecule has 0 saturated heterocycles. The van der Waals surface area contributed by atoms with E-state index in [0.717, 1.165) is 24.8 Å². The summed E-state index contributed by atoms with van der Waals surface area (Å²) < 4.78 is 0. The number of hydrogen-bond donors (Lipinski definition) is 1. The maximum Gasteiger partial charge on any atom is 0.254 e. The molecule has 4 heteroatoms. The summed E-state index contributed by atoms with van der Waals surface area (Å²) in [6.07, 6.45) is 3.23. The van der Waals surface area contributed by atoms with Gasteiger partial charge in [-0.1, -0.05) is 50.1 Å². The van der Waals surface area contributed by atoms with Gasteiger partial charge in [0.1, 0.15) is 0 Å². The Labute approximate surface area is 162 Å². The molecular weight excluding hydrogens is 336 g/mol. The van der Waals surface area contributed by atoms with Crippen molar-refractivity contribution in [2.75, 3.05) is 6.54 Å². The molecule has 2 aromatic rings. The van der Waals surface area contributed by atoms with Gasteiger partial charge in [0.25, 0.3) is 11.8 Å². The number of carbonyl (C=O) groups is 2. The lowest BCUT2D eigenvalue weighted by atomic mass is 10.1. The van der Waals surface area contributed by atoms with E-state index in [4.69, 9.17) is 0 Å². The number of amides is 2. The number of nitrogens with one attached hydrogen (secondary N) is 1. The molecule has 4 nitrogen and oxygen atoms in total.